The van der Waals surface area contributed by atoms with Crippen LogP contribution in [0.4, 0.5) is 0 Å². The first-order valence-electron chi connectivity index (χ1n) is 43.6. The molecule has 2 rings (SSSR count). The average Bonchev–Trinajstić information content (AvgIpc) is 0.791. The first kappa shape index (κ1) is 94.6. The van der Waals surface area contributed by atoms with Crippen LogP contribution in [0.25, 0.3) is 0 Å². The van der Waals surface area contributed by atoms with E-state index in [2.05, 4.69) is 43.5 Å². The zero-order chi connectivity index (χ0) is 72.2. The molecule has 0 aromatic carbocycles. The van der Waals surface area contributed by atoms with Crippen molar-refractivity contribution in [3.8, 4) is 0 Å². The van der Waals surface area contributed by atoms with E-state index in [-0.39, 0.29) is 12.5 Å². The molecule has 14 heteroatoms. The van der Waals surface area contributed by atoms with Gasteiger partial charge in [-0.2, -0.15) is 0 Å². The molecule has 9 N–H and O–H groups in total. The second-order valence-electron chi connectivity index (χ2n) is 31.0. The number of rotatable bonds is 75. The second-order valence-corrected chi connectivity index (χ2v) is 31.0. The van der Waals surface area contributed by atoms with E-state index >= 15 is 0 Å². The summed E-state index contributed by atoms with van der Waals surface area (Å²) in [6.07, 6.45) is 75.4. The van der Waals surface area contributed by atoms with Gasteiger partial charge in [0.05, 0.1) is 32.0 Å². The van der Waals surface area contributed by atoms with E-state index in [1.165, 1.54) is 340 Å². The number of amides is 1. The molecule has 2 heterocycles. The topological polar surface area (TPSA) is 228 Å². The van der Waals surface area contributed by atoms with Gasteiger partial charge in [0.2, 0.25) is 5.91 Å². The van der Waals surface area contributed by atoms with Crippen LogP contribution in [0.15, 0.2) is 24.3 Å². The number of carbonyl (C=O) groups excluding carboxylic acids is 1. The van der Waals surface area contributed by atoms with Gasteiger partial charge in [-0.15, -0.1) is 0 Å². The number of aliphatic hydroxyl groups excluding tert-OH is 8. The molecule has 0 aromatic heterocycles. The standard InChI is InChI=1S/C86H165NO13/c1-3-5-7-9-11-13-15-17-19-21-23-25-27-29-30-31-32-33-34-35-36-37-38-39-40-41-42-43-44-46-48-50-52-54-56-58-60-62-64-66-68-70-78(91)87-74(73-97-85-83(96)81(94)84(77(72-89)99-85)100-86-82(95)80(93)79(92)76(71-88)98-86)75(90)69-67-65-63-61-59-57-55-53-51-49-47-45-28-26-24-22-20-18-16-14-12-10-8-6-4-2/h15,17,21,23,74-77,79-86,88-90,92-96H,3-14,16,18-20,22,24-73H2,1-2H3,(H,87,91)/b17-15-,23-21-. The number of unbranched alkanes of at least 4 members (excludes halogenated alkanes) is 58. The molecule has 2 saturated heterocycles. The van der Waals surface area contributed by atoms with Gasteiger partial charge in [0.1, 0.15) is 48.8 Å². The second kappa shape index (κ2) is 70.5. The lowest BCUT2D eigenvalue weighted by atomic mass is 9.97. The summed E-state index contributed by atoms with van der Waals surface area (Å²) in [5, 5.41) is 88.0. The van der Waals surface area contributed by atoms with Crippen molar-refractivity contribution in [2.24, 2.45) is 0 Å². The quantitative estimate of drug-likeness (QED) is 0.0204. The van der Waals surface area contributed by atoms with Crippen LogP contribution in [-0.2, 0) is 23.7 Å². The molecule has 0 saturated carbocycles. The summed E-state index contributed by atoms with van der Waals surface area (Å²) >= 11 is 0. The Morgan fingerprint density at radius 1 is 0.360 bits per heavy atom. The molecule has 0 bridgehead atoms. The fraction of sp³-hybridized carbons (Fsp3) is 0.942. The molecule has 2 aliphatic rings. The van der Waals surface area contributed by atoms with E-state index < -0.39 is 86.8 Å². The van der Waals surface area contributed by atoms with Crippen LogP contribution < -0.4 is 5.32 Å². The molecule has 12 unspecified atom stereocenters. The summed E-state index contributed by atoms with van der Waals surface area (Å²) in [5.74, 6) is -0.196. The van der Waals surface area contributed by atoms with E-state index in [0.29, 0.717) is 12.8 Å². The summed E-state index contributed by atoms with van der Waals surface area (Å²) in [5.41, 5.74) is 0. The molecule has 14 nitrogen and oxygen atoms in total. The van der Waals surface area contributed by atoms with Crippen LogP contribution in [0.2, 0.25) is 0 Å². The summed E-state index contributed by atoms with van der Waals surface area (Å²) in [6, 6.07) is -0.827. The van der Waals surface area contributed by atoms with Gasteiger partial charge in [-0.05, 0) is 44.9 Å². The van der Waals surface area contributed by atoms with Crippen molar-refractivity contribution in [2.75, 3.05) is 19.8 Å². The molecule has 12 atom stereocenters. The minimum atomic E-state index is -1.78. The van der Waals surface area contributed by atoms with Crippen molar-refractivity contribution >= 4 is 5.91 Å². The smallest absolute Gasteiger partial charge is 0.220 e. The van der Waals surface area contributed by atoms with Crippen molar-refractivity contribution < 1.29 is 64.6 Å². The highest BCUT2D eigenvalue weighted by atomic mass is 16.7. The zero-order valence-corrected chi connectivity index (χ0v) is 65.2. The van der Waals surface area contributed by atoms with Crippen LogP contribution in [-0.4, -0.2) is 140 Å². The third-order valence-corrected chi connectivity index (χ3v) is 21.7. The van der Waals surface area contributed by atoms with Crippen molar-refractivity contribution in [3.05, 3.63) is 24.3 Å². The number of allylic oxidation sites excluding steroid dienone is 4. The largest absolute Gasteiger partial charge is 0.394 e. The lowest BCUT2D eigenvalue weighted by Crippen LogP contribution is -2.65. The minimum Gasteiger partial charge on any atom is -0.394 e. The van der Waals surface area contributed by atoms with E-state index in [0.717, 1.165) is 57.8 Å². The number of ether oxygens (including phenoxy) is 4. The Hall–Kier alpha value is -1.53. The minimum absolute atomic E-state index is 0.196. The summed E-state index contributed by atoms with van der Waals surface area (Å²) < 4.78 is 23.0. The first-order valence-corrected chi connectivity index (χ1v) is 43.6. The summed E-state index contributed by atoms with van der Waals surface area (Å²) in [4.78, 5) is 13.4. The SMILES string of the molecule is CCCCCCC/C=C\C/C=C\CCCCCCCCCCCCCCCCCCCCCCCCCCCCCCCC(=O)NC(COC1OC(CO)C(OC2OC(CO)C(O)C(O)C2O)C(O)C1O)C(O)CCCCCCCCCCCCCCCCCCCCCCCCCCC. The number of carbonyl (C=O) groups is 1. The van der Waals surface area contributed by atoms with E-state index in [1.54, 1.807) is 0 Å². The van der Waals surface area contributed by atoms with Gasteiger partial charge < -0.3 is 65.1 Å². The molecule has 592 valence electrons. The van der Waals surface area contributed by atoms with Gasteiger partial charge in [-0.25, -0.2) is 0 Å². The van der Waals surface area contributed by atoms with E-state index in [1.807, 2.05) is 0 Å². The fourth-order valence-corrected chi connectivity index (χ4v) is 14.8. The summed E-state index contributed by atoms with van der Waals surface area (Å²) in [7, 11) is 0. The van der Waals surface area contributed by atoms with Gasteiger partial charge in [0.25, 0.3) is 0 Å². The van der Waals surface area contributed by atoms with Gasteiger partial charge >= 0.3 is 0 Å². The Bertz CT molecular complexity index is 1770. The highest BCUT2D eigenvalue weighted by molar-refractivity contribution is 5.76. The number of hydrogen-bond donors (Lipinski definition) is 9. The highest BCUT2D eigenvalue weighted by Gasteiger charge is 2.51. The molecule has 0 radical (unpaired) electrons. The summed E-state index contributed by atoms with van der Waals surface area (Å²) in [6.45, 7) is 2.93. The third kappa shape index (κ3) is 52.5. The molecule has 0 aliphatic carbocycles. The first-order chi connectivity index (χ1) is 49.1. The normalized spacial score (nSPS) is 21.9. The maximum atomic E-state index is 13.4. The molecule has 2 aliphatic heterocycles. The van der Waals surface area contributed by atoms with Crippen molar-refractivity contribution in [1.29, 1.82) is 0 Å². The Morgan fingerprint density at radius 2 is 0.660 bits per heavy atom. The Balaban J connectivity index is 1.54. The van der Waals surface area contributed by atoms with Crippen molar-refractivity contribution in [1.82, 2.24) is 5.32 Å². The lowest BCUT2D eigenvalue weighted by Gasteiger charge is -2.46. The molecule has 100 heavy (non-hydrogen) atoms. The molecular formula is C86H165NO13. The number of aliphatic hydroxyl groups is 8. The van der Waals surface area contributed by atoms with Crippen molar-refractivity contribution in [2.45, 2.75) is 498 Å². The van der Waals surface area contributed by atoms with Gasteiger partial charge in [0.15, 0.2) is 12.6 Å². The maximum absolute atomic E-state index is 13.4. The van der Waals surface area contributed by atoms with Gasteiger partial charge in [-0.3, -0.25) is 4.79 Å². The van der Waals surface area contributed by atoms with Crippen LogP contribution in [0.1, 0.15) is 425 Å². The van der Waals surface area contributed by atoms with Gasteiger partial charge in [-0.1, -0.05) is 398 Å². The van der Waals surface area contributed by atoms with E-state index in [4.69, 9.17) is 18.9 Å². The van der Waals surface area contributed by atoms with Crippen LogP contribution in [0.5, 0.6) is 0 Å². The Morgan fingerprint density at radius 3 is 1.00 bits per heavy atom. The van der Waals surface area contributed by atoms with Crippen LogP contribution in [0.3, 0.4) is 0 Å². The predicted octanol–water partition coefficient (Wildman–Crippen LogP) is 20.6. The highest BCUT2D eigenvalue weighted by Crippen LogP contribution is 2.31. The molecule has 0 spiro atoms. The predicted molar refractivity (Wildman–Crippen MR) is 415 cm³/mol. The average molecular weight is 1420 g/mol. The van der Waals surface area contributed by atoms with E-state index in [9.17, 15) is 45.6 Å². The molecule has 2 fully saturated rings. The monoisotopic (exact) mass is 1420 g/mol. The third-order valence-electron chi connectivity index (χ3n) is 21.7. The fourth-order valence-electron chi connectivity index (χ4n) is 14.8. The van der Waals surface area contributed by atoms with Gasteiger partial charge in [0, 0.05) is 6.42 Å². The molecule has 0 aromatic rings. The Kier molecular flexibility index (Phi) is 66.6. The Labute approximate surface area is 615 Å². The van der Waals surface area contributed by atoms with Crippen LogP contribution >= 0.6 is 0 Å². The zero-order valence-electron chi connectivity index (χ0n) is 65.2. The number of hydrogen-bond acceptors (Lipinski definition) is 13. The molecular weight excluding hydrogens is 1250 g/mol. The number of nitrogens with one attached hydrogen (secondary N) is 1. The molecule has 1 amide bonds. The maximum Gasteiger partial charge on any atom is 0.220 e. The van der Waals surface area contributed by atoms with Crippen molar-refractivity contribution in [3.63, 3.8) is 0 Å². The lowest BCUT2D eigenvalue weighted by molar-refractivity contribution is -0.359. The van der Waals surface area contributed by atoms with Crippen LogP contribution in [0, 0.1) is 0 Å².